The molecule has 672 valence electrons. The Hall–Kier alpha value is -15.7. The predicted octanol–water partition coefficient (Wildman–Crippen LogP) is 36.4. The summed E-state index contributed by atoms with van der Waals surface area (Å²) in [6.45, 7) is 17.3. The number of aromatic nitrogens is 2. The van der Waals surface area contributed by atoms with Gasteiger partial charge in [-0.2, -0.15) is 0 Å². The summed E-state index contributed by atoms with van der Waals surface area (Å²) >= 11 is 0. The van der Waals surface area contributed by atoms with Gasteiger partial charge >= 0.3 is 0 Å². The predicted molar refractivity (Wildman–Crippen MR) is 588 cm³/mol. The van der Waals surface area contributed by atoms with Gasteiger partial charge in [-0.3, -0.25) is 0 Å². The molecule has 0 aliphatic heterocycles. The molecule has 2 heteroatoms. The third-order valence-corrected chi connectivity index (χ3v) is 28.2. The third-order valence-electron chi connectivity index (χ3n) is 28.2. The maximum absolute atomic E-state index is 3.82. The van der Waals surface area contributed by atoms with E-state index in [4.69, 9.17) is 0 Å². The fraction of sp³-hybridized carbons (Fsp3) is 0.176. The Labute approximate surface area is 818 Å². The first kappa shape index (κ1) is 91.4. The Bertz CT molecular complexity index is 7640. The maximum atomic E-state index is 3.82. The van der Waals surface area contributed by atoms with Crippen molar-refractivity contribution in [3.63, 3.8) is 0 Å². The monoisotopic (exact) mass is 1780 g/mol. The lowest BCUT2D eigenvalue weighted by Gasteiger charge is -2.12. The van der Waals surface area contributed by atoms with Crippen LogP contribution in [0, 0.1) is 61.2 Å². The minimum Gasteiger partial charge on any atom is -0.352 e. The molecular weight excluding hydrogens is 1660 g/mol. The van der Waals surface area contributed by atoms with Crippen LogP contribution >= 0.6 is 0 Å². The molecule has 32 bridgehead atoms. The molecular formula is C136H118N2. The van der Waals surface area contributed by atoms with Crippen molar-refractivity contribution in [2.45, 2.75) is 158 Å². The molecule has 2 heterocycles. The second-order valence-electron chi connectivity index (χ2n) is 37.1. The van der Waals surface area contributed by atoms with Crippen molar-refractivity contribution in [2.24, 2.45) is 0 Å². The van der Waals surface area contributed by atoms with E-state index in [2.05, 4.69) is 463 Å². The lowest BCUT2D eigenvalue weighted by Crippen LogP contribution is -1.96. The topological polar surface area (TPSA) is 31.6 Å². The van der Waals surface area contributed by atoms with Gasteiger partial charge in [0.2, 0.25) is 0 Å². The van der Waals surface area contributed by atoms with Crippen LogP contribution < -0.4 is 0 Å². The number of aryl methyl sites for hydroxylation is 2. The first-order chi connectivity index (χ1) is 67.9. The van der Waals surface area contributed by atoms with Gasteiger partial charge in [0.15, 0.2) is 0 Å². The van der Waals surface area contributed by atoms with Gasteiger partial charge in [-0.15, -0.1) is 11.8 Å². The molecule has 0 spiro atoms. The summed E-state index contributed by atoms with van der Waals surface area (Å²) in [5.74, 6) is 27.9. The molecule has 2 N–H and O–H groups in total. The number of rotatable bonds is 16. The Morgan fingerprint density at radius 3 is 0.580 bits per heavy atom. The van der Waals surface area contributed by atoms with Crippen LogP contribution in [0.15, 0.2) is 364 Å². The quantitative estimate of drug-likeness (QED) is 0.0714. The van der Waals surface area contributed by atoms with Crippen LogP contribution in [0.2, 0.25) is 0 Å². The Morgan fingerprint density at radius 2 is 0.355 bits per heavy atom. The molecule has 18 aromatic rings. The molecule has 0 radical (unpaired) electrons. The van der Waals surface area contributed by atoms with Gasteiger partial charge in [-0.1, -0.05) is 455 Å². The van der Waals surface area contributed by atoms with Crippen LogP contribution in [0.1, 0.15) is 186 Å². The van der Waals surface area contributed by atoms with E-state index in [-0.39, 0.29) is 0 Å². The van der Waals surface area contributed by atoms with Gasteiger partial charge in [0.1, 0.15) is 0 Å². The van der Waals surface area contributed by atoms with Crippen LogP contribution in [-0.4, -0.2) is 9.97 Å². The number of hydrogen-bond donors (Lipinski definition) is 2. The minimum atomic E-state index is 0.951. The number of benzene rings is 16. The summed E-state index contributed by atoms with van der Waals surface area (Å²) in [7, 11) is 0. The molecule has 0 amide bonds. The molecule has 2 nitrogen and oxygen atoms in total. The lowest BCUT2D eigenvalue weighted by atomic mass is 9.92. The molecule has 138 heavy (non-hydrogen) atoms. The largest absolute Gasteiger partial charge is 0.352 e. The highest BCUT2D eigenvalue weighted by molar-refractivity contribution is 5.87. The normalized spacial score (nSPS) is 11.1. The second kappa shape index (κ2) is 42.9. The summed E-state index contributed by atoms with van der Waals surface area (Å²) in [6, 6.07) is 134. The molecule has 0 saturated heterocycles. The van der Waals surface area contributed by atoms with Gasteiger partial charge in [0.25, 0.3) is 0 Å². The van der Waals surface area contributed by atoms with Crippen LogP contribution in [0.5, 0.6) is 0 Å². The van der Waals surface area contributed by atoms with E-state index in [1.165, 1.54) is 216 Å². The highest BCUT2D eigenvalue weighted by Gasteiger charge is 2.20. The zero-order chi connectivity index (χ0) is 94.2. The smallest absolute Gasteiger partial charge is 0.0934 e. The molecule has 0 saturated carbocycles. The summed E-state index contributed by atoms with van der Waals surface area (Å²) in [5, 5.41) is 0. The van der Waals surface area contributed by atoms with E-state index in [9.17, 15) is 0 Å². The number of hydrogen-bond acceptors (Lipinski definition) is 0. The van der Waals surface area contributed by atoms with E-state index in [0.717, 1.165) is 132 Å². The van der Waals surface area contributed by atoms with Gasteiger partial charge in [0, 0.05) is 33.6 Å². The minimum absolute atomic E-state index is 0.951. The highest BCUT2D eigenvalue weighted by atomic mass is 14.7. The average Bonchev–Trinajstić information content (AvgIpc) is 1.43. The Morgan fingerprint density at radius 1 is 0.174 bits per heavy atom. The van der Waals surface area contributed by atoms with E-state index in [0.29, 0.717) is 0 Å². The lowest BCUT2D eigenvalue weighted by molar-refractivity contribution is 0.599. The average molecular weight is 1780 g/mol. The summed E-state index contributed by atoms with van der Waals surface area (Å²) < 4.78 is 0. The van der Waals surface area contributed by atoms with Crippen molar-refractivity contribution in [1.82, 2.24) is 9.97 Å². The molecule has 16 aromatic carbocycles. The van der Waals surface area contributed by atoms with Gasteiger partial charge in [-0.25, -0.2) is 0 Å². The van der Waals surface area contributed by atoms with Crippen molar-refractivity contribution in [3.05, 3.63) is 431 Å². The fourth-order valence-corrected chi connectivity index (χ4v) is 20.3. The fourth-order valence-electron chi connectivity index (χ4n) is 20.3. The van der Waals surface area contributed by atoms with E-state index in [1.807, 2.05) is 13.8 Å². The Balaban J connectivity index is 0.000000179. The Kier molecular flexibility index (Phi) is 28.4. The van der Waals surface area contributed by atoms with Crippen molar-refractivity contribution in [1.29, 1.82) is 0 Å². The molecule has 0 fully saturated rings. The number of unbranched alkanes of at least 4 members (excludes halogenated alkanes) is 10. The number of aromatic amines is 2. The van der Waals surface area contributed by atoms with Crippen molar-refractivity contribution in [2.75, 3.05) is 0 Å². The highest BCUT2D eigenvalue weighted by Crippen LogP contribution is 2.42. The maximum Gasteiger partial charge on any atom is 0.0934 e. The molecule has 0 unspecified atom stereocenters. The number of nitrogens with one attached hydrogen (secondary N) is 2. The first-order valence-electron chi connectivity index (χ1n) is 50.1. The summed E-state index contributed by atoms with van der Waals surface area (Å²) in [4.78, 5) is 7.43. The van der Waals surface area contributed by atoms with E-state index < -0.39 is 0 Å². The summed E-state index contributed by atoms with van der Waals surface area (Å²) in [5.41, 5.74) is 51.9. The van der Waals surface area contributed by atoms with Gasteiger partial charge < -0.3 is 9.97 Å². The molecule has 44 aliphatic carbocycles. The van der Waals surface area contributed by atoms with Crippen molar-refractivity contribution >= 4 is 0 Å². The third kappa shape index (κ3) is 20.6. The van der Waals surface area contributed by atoms with Crippen molar-refractivity contribution < 1.29 is 0 Å². The van der Waals surface area contributed by atoms with Crippen molar-refractivity contribution in [3.8, 4) is 225 Å². The van der Waals surface area contributed by atoms with Crippen LogP contribution in [-0.2, 0) is 25.7 Å². The molecule has 2 aromatic heterocycles. The molecule has 0 atom stereocenters. The van der Waals surface area contributed by atoms with E-state index in [1.54, 1.807) is 0 Å². The van der Waals surface area contributed by atoms with E-state index >= 15 is 0 Å². The zero-order valence-electron chi connectivity index (χ0n) is 81.0. The molecule has 44 aliphatic rings. The second-order valence-corrected chi connectivity index (χ2v) is 37.1. The molecule has 62 rings (SSSR count). The van der Waals surface area contributed by atoms with Crippen LogP contribution in [0.4, 0.5) is 0 Å². The van der Waals surface area contributed by atoms with Crippen LogP contribution in [0.3, 0.4) is 0 Å². The summed E-state index contributed by atoms with van der Waals surface area (Å²) in [6.07, 6.45) is 19.7. The first-order valence-corrected chi connectivity index (χ1v) is 50.1. The SMILES string of the molecule is CC#Cc1cc2ccc1-c1ccc(cc1)-c1ccc(cc1)-c1ccc(cc1)-c1ccc(c(C#Cc3[nH]c(C)c(CC)c3CC)c1)-c1ccc(cc1)-c1ccc(cc1)-c1ccc-2cc1.CC#Cc1cc2ccc1-c1ccc(cc1)-c1ccc(cc1)-c1ccc(cc1)-c1ccc(c(C#Cc3[nH]c(C)c(CCCCCCCC)c3CCCCCCCC)c1)-c1ccc(cc1)-c1ccc(cc1)-c1ccc-2cc1. The zero-order valence-corrected chi connectivity index (χ0v) is 81.0. The number of H-pyrrole nitrogens is 2. The van der Waals surface area contributed by atoms with Gasteiger partial charge in [0.05, 0.1) is 11.4 Å². The van der Waals surface area contributed by atoms with Crippen LogP contribution in [0.25, 0.3) is 178 Å². The van der Waals surface area contributed by atoms with Gasteiger partial charge in [-0.05, 0) is 303 Å². The standard InChI is InChI=1S/C74H71N.C62H47N/c1-5-8-10-12-14-16-19-70-53(4)75-74(73(70)20-17-15-13-11-9-6-2)50-47-69-52-67-46-49-72(69)65-43-39-61(40-44-65)57-27-23-54(24-28-57)58-29-33-62(34-30-58)66-45-48-71(68(51-66)18-7-3)64-41-37-60(38-42-64)56-25-21-55(22-26-56)59-31-35-63(67)36-32-59;1-5-8-56-39-54-33-36-60(56)52-29-25-48(26-30-52)44-13-9-43(10-14-44)47-19-23-51(24-20-47)55-34-37-61(57(40-55)35-38-62-59(7-3)58(6-2)41(4)63-62)53-31-27-49(28-32-53)45-15-11-42(12-16-45)46-17-21-50(54)22-18-46/h21-46,48-49,51-52,75H,5-6,8-17,19-20H2,1-4H3;9-34,36-37,39-40,63H,6-7H2,1-4H3.